The molecular formula is C7H7N3OS. The Morgan fingerprint density at radius 2 is 2.67 bits per heavy atom. The summed E-state index contributed by atoms with van der Waals surface area (Å²) >= 11 is 1.37. The van der Waals surface area contributed by atoms with Crippen LogP contribution in [0.15, 0.2) is 10.9 Å². The Kier molecular flexibility index (Phi) is 3.23. The van der Waals surface area contributed by atoms with E-state index in [4.69, 9.17) is 5.26 Å². The van der Waals surface area contributed by atoms with Crippen LogP contribution >= 0.6 is 11.3 Å². The zero-order valence-corrected chi connectivity index (χ0v) is 7.10. The lowest BCUT2D eigenvalue weighted by Crippen LogP contribution is -2.24. The van der Waals surface area contributed by atoms with E-state index in [-0.39, 0.29) is 5.91 Å². The third-order valence-corrected chi connectivity index (χ3v) is 1.77. The number of amides is 1. The fourth-order valence-corrected chi connectivity index (χ4v) is 1.18. The second-order valence-electron chi connectivity index (χ2n) is 2.04. The third-order valence-electron chi connectivity index (χ3n) is 1.19. The first-order chi connectivity index (χ1) is 5.84. The molecule has 0 saturated carbocycles. The van der Waals surface area contributed by atoms with Crippen LogP contribution in [0.25, 0.3) is 0 Å². The van der Waals surface area contributed by atoms with E-state index in [1.54, 1.807) is 10.9 Å². The first-order valence-electron chi connectivity index (χ1n) is 3.38. The van der Waals surface area contributed by atoms with E-state index in [1.807, 2.05) is 6.07 Å². The van der Waals surface area contributed by atoms with Crippen LogP contribution in [0.3, 0.4) is 0 Å². The summed E-state index contributed by atoms with van der Waals surface area (Å²) in [6.45, 7) is 0.382. The van der Waals surface area contributed by atoms with Gasteiger partial charge in [0.2, 0.25) is 0 Å². The Bertz CT molecular complexity index is 288. The van der Waals surface area contributed by atoms with Crippen LogP contribution in [0.2, 0.25) is 0 Å². The lowest BCUT2D eigenvalue weighted by Gasteiger charge is -1.97. The molecule has 1 N–H and O–H groups in total. The number of nitrogens with zero attached hydrogens (tertiary/aromatic N) is 2. The highest BCUT2D eigenvalue weighted by atomic mass is 32.1. The van der Waals surface area contributed by atoms with Crippen LogP contribution in [0.4, 0.5) is 0 Å². The van der Waals surface area contributed by atoms with Gasteiger partial charge >= 0.3 is 0 Å². The number of aromatic nitrogens is 1. The van der Waals surface area contributed by atoms with E-state index in [1.165, 1.54) is 11.3 Å². The van der Waals surface area contributed by atoms with Gasteiger partial charge in [-0.15, -0.1) is 11.3 Å². The topological polar surface area (TPSA) is 65.8 Å². The molecule has 12 heavy (non-hydrogen) atoms. The molecule has 1 aromatic rings. The van der Waals surface area contributed by atoms with Crippen molar-refractivity contribution in [1.82, 2.24) is 10.3 Å². The molecule has 0 aliphatic carbocycles. The number of hydrogen-bond acceptors (Lipinski definition) is 4. The average Bonchev–Trinajstić information content (AvgIpc) is 2.56. The summed E-state index contributed by atoms with van der Waals surface area (Å²) in [7, 11) is 0. The normalized spacial score (nSPS) is 8.92. The molecule has 0 radical (unpaired) electrons. The van der Waals surface area contributed by atoms with Gasteiger partial charge in [0, 0.05) is 11.9 Å². The number of rotatable bonds is 3. The number of thiazole rings is 1. The summed E-state index contributed by atoms with van der Waals surface area (Å²) in [6.07, 6.45) is 0.329. The number of carbonyl (C=O) groups excluding carboxylic acids is 1. The highest BCUT2D eigenvalue weighted by Gasteiger charge is 2.04. The fraction of sp³-hybridized carbons (Fsp3) is 0.286. The summed E-state index contributed by atoms with van der Waals surface area (Å²) in [4.78, 5) is 14.9. The molecule has 0 fully saturated rings. The second-order valence-corrected chi connectivity index (χ2v) is 2.76. The van der Waals surface area contributed by atoms with Crippen molar-refractivity contribution >= 4 is 17.2 Å². The Balaban J connectivity index is 2.36. The molecule has 1 amide bonds. The molecule has 4 nitrogen and oxygen atoms in total. The molecule has 0 aliphatic rings. The van der Waals surface area contributed by atoms with Gasteiger partial charge in [-0.05, 0) is 0 Å². The minimum Gasteiger partial charge on any atom is -0.350 e. The summed E-state index contributed by atoms with van der Waals surface area (Å²) in [5, 5.41) is 12.4. The van der Waals surface area contributed by atoms with Crippen LogP contribution < -0.4 is 5.32 Å². The highest BCUT2D eigenvalue weighted by Crippen LogP contribution is 1.99. The number of nitriles is 1. The van der Waals surface area contributed by atoms with Gasteiger partial charge in [0.15, 0.2) is 0 Å². The average molecular weight is 181 g/mol. The molecule has 0 spiro atoms. The molecule has 0 aliphatic heterocycles. The van der Waals surface area contributed by atoms with Gasteiger partial charge in [0.05, 0.1) is 18.0 Å². The zero-order chi connectivity index (χ0) is 8.81. The van der Waals surface area contributed by atoms with Crippen LogP contribution in [0.5, 0.6) is 0 Å². The van der Waals surface area contributed by atoms with Crippen molar-refractivity contribution in [1.29, 1.82) is 5.26 Å². The van der Waals surface area contributed by atoms with Crippen molar-refractivity contribution in [2.45, 2.75) is 6.42 Å². The quantitative estimate of drug-likeness (QED) is 0.701. The summed E-state index contributed by atoms with van der Waals surface area (Å²) in [6, 6.07) is 1.94. The third kappa shape index (κ3) is 2.32. The molecule has 5 heteroatoms. The van der Waals surface area contributed by atoms with Gasteiger partial charge in [0.1, 0.15) is 5.69 Å². The second kappa shape index (κ2) is 4.46. The molecule has 0 unspecified atom stereocenters. The predicted molar refractivity (Wildman–Crippen MR) is 44.7 cm³/mol. The zero-order valence-electron chi connectivity index (χ0n) is 6.28. The molecule has 1 heterocycles. The fourth-order valence-electron chi connectivity index (χ4n) is 0.647. The number of hydrogen-bond donors (Lipinski definition) is 1. The molecular weight excluding hydrogens is 174 g/mol. The van der Waals surface area contributed by atoms with Gasteiger partial charge in [0.25, 0.3) is 5.91 Å². The Hall–Kier alpha value is -1.41. The highest BCUT2D eigenvalue weighted by molar-refractivity contribution is 7.07. The minimum absolute atomic E-state index is 0.216. The van der Waals surface area contributed by atoms with Gasteiger partial charge in [-0.25, -0.2) is 4.98 Å². The molecule has 0 aromatic carbocycles. The minimum atomic E-state index is -0.216. The van der Waals surface area contributed by atoms with E-state index >= 15 is 0 Å². The van der Waals surface area contributed by atoms with Crippen LogP contribution in [0, 0.1) is 11.3 Å². The number of nitrogens with one attached hydrogen (secondary N) is 1. The van der Waals surface area contributed by atoms with E-state index in [2.05, 4.69) is 10.3 Å². The Morgan fingerprint density at radius 3 is 3.25 bits per heavy atom. The first-order valence-corrected chi connectivity index (χ1v) is 4.32. The van der Waals surface area contributed by atoms with Gasteiger partial charge in [-0.2, -0.15) is 5.26 Å². The lowest BCUT2D eigenvalue weighted by atomic mass is 10.4. The van der Waals surface area contributed by atoms with Gasteiger partial charge in [-0.1, -0.05) is 0 Å². The van der Waals surface area contributed by atoms with E-state index in [0.29, 0.717) is 18.7 Å². The van der Waals surface area contributed by atoms with Crippen molar-refractivity contribution in [2.75, 3.05) is 6.54 Å². The summed E-state index contributed by atoms with van der Waals surface area (Å²) < 4.78 is 0. The van der Waals surface area contributed by atoms with Crippen molar-refractivity contribution in [2.24, 2.45) is 0 Å². The largest absolute Gasteiger partial charge is 0.350 e. The van der Waals surface area contributed by atoms with E-state index in [9.17, 15) is 4.79 Å². The summed E-state index contributed by atoms with van der Waals surface area (Å²) in [5.41, 5.74) is 2.01. The number of carbonyl (C=O) groups is 1. The van der Waals surface area contributed by atoms with Crippen molar-refractivity contribution < 1.29 is 4.79 Å². The molecule has 1 aromatic heterocycles. The molecule has 1 rings (SSSR count). The molecule has 0 bridgehead atoms. The van der Waals surface area contributed by atoms with Crippen LogP contribution in [-0.2, 0) is 0 Å². The maximum Gasteiger partial charge on any atom is 0.270 e. The van der Waals surface area contributed by atoms with Gasteiger partial charge in [-0.3, -0.25) is 4.79 Å². The summed E-state index contributed by atoms with van der Waals surface area (Å²) in [5.74, 6) is -0.216. The van der Waals surface area contributed by atoms with Crippen molar-refractivity contribution in [3.05, 3.63) is 16.6 Å². The van der Waals surface area contributed by atoms with Crippen molar-refractivity contribution in [3.8, 4) is 6.07 Å². The molecule has 0 saturated heterocycles. The maximum atomic E-state index is 11.1. The first kappa shape index (κ1) is 8.68. The monoisotopic (exact) mass is 181 g/mol. The SMILES string of the molecule is N#CCCNC(=O)c1cscn1. The van der Waals surface area contributed by atoms with Gasteiger partial charge < -0.3 is 5.32 Å². The smallest absolute Gasteiger partial charge is 0.270 e. The Labute approximate surface area is 73.9 Å². The van der Waals surface area contributed by atoms with E-state index in [0.717, 1.165) is 0 Å². The lowest BCUT2D eigenvalue weighted by molar-refractivity contribution is 0.0950. The standard InChI is InChI=1S/C7H7N3OS/c8-2-1-3-9-7(11)6-4-12-5-10-6/h4-5H,1,3H2,(H,9,11). The molecule has 0 atom stereocenters. The Morgan fingerprint density at radius 1 is 1.83 bits per heavy atom. The van der Waals surface area contributed by atoms with Crippen LogP contribution in [-0.4, -0.2) is 17.4 Å². The van der Waals surface area contributed by atoms with E-state index < -0.39 is 0 Å². The predicted octanol–water partition coefficient (Wildman–Crippen LogP) is 0.787. The maximum absolute atomic E-state index is 11.1. The van der Waals surface area contributed by atoms with Crippen molar-refractivity contribution in [3.63, 3.8) is 0 Å². The molecule has 62 valence electrons. The van der Waals surface area contributed by atoms with Crippen LogP contribution in [0.1, 0.15) is 16.9 Å².